The van der Waals surface area contributed by atoms with Gasteiger partial charge in [0.15, 0.2) is 0 Å². The summed E-state index contributed by atoms with van der Waals surface area (Å²) >= 11 is 0. The highest BCUT2D eigenvalue weighted by Gasteiger charge is 2.24. The standard InChI is InChI=1S/C22H30N2O2/c1-14(2)19-12-17(16(4)10-21(19)26-5)11-18(13-23)22(25)24-20-9-7-6-8-15(20)3/h10-12,14-15,20H,6-9H2,1-5H3,(H,24,25)/b18-11+/t15-,20-/m0/s1. The molecule has 4 nitrogen and oxygen atoms in total. The maximum absolute atomic E-state index is 12.6. The minimum Gasteiger partial charge on any atom is -0.496 e. The van der Waals surface area contributed by atoms with Crippen molar-refractivity contribution in [1.82, 2.24) is 5.32 Å². The molecule has 1 fully saturated rings. The van der Waals surface area contributed by atoms with Gasteiger partial charge in [0.2, 0.25) is 0 Å². The predicted octanol–water partition coefficient (Wildman–Crippen LogP) is 4.73. The quantitative estimate of drug-likeness (QED) is 0.614. The lowest BCUT2D eigenvalue weighted by atomic mass is 9.86. The molecular formula is C22H30N2O2. The van der Waals surface area contributed by atoms with Gasteiger partial charge >= 0.3 is 0 Å². The first-order valence-corrected chi connectivity index (χ1v) is 9.48. The summed E-state index contributed by atoms with van der Waals surface area (Å²) < 4.78 is 5.47. The lowest BCUT2D eigenvalue weighted by Crippen LogP contribution is -2.41. The smallest absolute Gasteiger partial charge is 0.262 e. The predicted molar refractivity (Wildman–Crippen MR) is 105 cm³/mol. The molecule has 0 aliphatic heterocycles. The fraction of sp³-hybridized carbons (Fsp3) is 0.545. The molecule has 26 heavy (non-hydrogen) atoms. The van der Waals surface area contributed by atoms with Crippen LogP contribution in [0.3, 0.4) is 0 Å². The first kappa shape index (κ1) is 20.0. The maximum Gasteiger partial charge on any atom is 0.262 e. The number of rotatable bonds is 5. The number of carbonyl (C=O) groups is 1. The van der Waals surface area contributed by atoms with Crippen molar-refractivity contribution in [1.29, 1.82) is 5.26 Å². The summed E-state index contributed by atoms with van der Waals surface area (Å²) in [4.78, 5) is 12.6. The number of aryl methyl sites for hydroxylation is 1. The van der Waals surface area contributed by atoms with Gasteiger partial charge in [0.05, 0.1) is 7.11 Å². The summed E-state index contributed by atoms with van der Waals surface area (Å²) in [7, 11) is 1.66. The van der Waals surface area contributed by atoms with E-state index in [1.165, 1.54) is 6.42 Å². The molecular weight excluding hydrogens is 324 g/mol. The second-order valence-electron chi connectivity index (χ2n) is 7.62. The van der Waals surface area contributed by atoms with Crippen LogP contribution in [0.4, 0.5) is 0 Å². The van der Waals surface area contributed by atoms with Gasteiger partial charge in [-0.3, -0.25) is 4.79 Å². The topological polar surface area (TPSA) is 62.1 Å². The molecule has 1 aliphatic carbocycles. The average molecular weight is 354 g/mol. The zero-order valence-corrected chi connectivity index (χ0v) is 16.6. The number of nitriles is 1. The molecule has 1 aromatic carbocycles. The van der Waals surface area contributed by atoms with E-state index in [-0.39, 0.29) is 17.5 Å². The van der Waals surface area contributed by atoms with E-state index >= 15 is 0 Å². The van der Waals surface area contributed by atoms with E-state index in [2.05, 4.69) is 32.2 Å². The van der Waals surface area contributed by atoms with Crippen molar-refractivity contribution >= 4 is 12.0 Å². The van der Waals surface area contributed by atoms with E-state index in [9.17, 15) is 10.1 Å². The van der Waals surface area contributed by atoms with E-state index < -0.39 is 0 Å². The zero-order chi connectivity index (χ0) is 19.3. The summed E-state index contributed by atoms with van der Waals surface area (Å²) in [6.45, 7) is 8.34. The number of hydrogen-bond donors (Lipinski definition) is 1. The summed E-state index contributed by atoms with van der Waals surface area (Å²) in [5, 5.41) is 12.6. The van der Waals surface area contributed by atoms with Gasteiger partial charge < -0.3 is 10.1 Å². The summed E-state index contributed by atoms with van der Waals surface area (Å²) in [5.41, 5.74) is 3.10. The van der Waals surface area contributed by atoms with Crippen LogP contribution < -0.4 is 10.1 Å². The van der Waals surface area contributed by atoms with Gasteiger partial charge in [0.25, 0.3) is 5.91 Å². The van der Waals surface area contributed by atoms with Gasteiger partial charge in [-0.1, -0.05) is 33.6 Å². The van der Waals surface area contributed by atoms with E-state index in [4.69, 9.17) is 4.74 Å². The Morgan fingerprint density at radius 1 is 1.35 bits per heavy atom. The number of methoxy groups -OCH3 is 1. The fourth-order valence-corrected chi connectivity index (χ4v) is 3.58. The molecule has 1 aromatic rings. The first-order valence-electron chi connectivity index (χ1n) is 9.48. The van der Waals surface area contributed by atoms with E-state index in [1.54, 1.807) is 13.2 Å². The van der Waals surface area contributed by atoms with Crippen molar-refractivity contribution in [2.45, 2.75) is 65.3 Å². The number of ether oxygens (including phenoxy) is 1. The van der Waals surface area contributed by atoms with Crippen LogP contribution in [0.5, 0.6) is 5.75 Å². The van der Waals surface area contributed by atoms with Gasteiger partial charge in [0, 0.05) is 6.04 Å². The van der Waals surface area contributed by atoms with Gasteiger partial charge in [-0.25, -0.2) is 0 Å². The molecule has 0 aromatic heterocycles. The Morgan fingerprint density at radius 3 is 2.62 bits per heavy atom. The Hall–Kier alpha value is -2.28. The third-order valence-electron chi connectivity index (χ3n) is 5.33. The van der Waals surface area contributed by atoms with E-state index in [0.717, 1.165) is 41.7 Å². The van der Waals surface area contributed by atoms with Crippen LogP contribution in [0.15, 0.2) is 17.7 Å². The van der Waals surface area contributed by atoms with Crippen LogP contribution in [-0.4, -0.2) is 19.1 Å². The number of carbonyl (C=O) groups excluding carboxylic acids is 1. The van der Waals surface area contributed by atoms with Gasteiger partial charge in [-0.05, 0) is 66.5 Å². The molecule has 0 spiro atoms. The van der Waals surface area contributed by atoms with Crippen LogP contribution in [-0.2, 0) is 4.79 Å². The second kappa shape index (κ2) is 8.89. The normalized spacial score (nSPS) is 20.6. The van der Waals surface area contributed by atoms with Crippen LogP contribution in [0.2, 0.25) is 0 Å². The van der Waals surface area contributed by atoms with Crippen molar-refractivity contribution in [3.8, 4) is 11.8 Å². The summed E-state index contributed by atoms with van der Waals surface area (Å²) in [6, 6.07) is 6.23. The van der Waals surface area contributed by atoms with Gasteiger partial charge in [0.1, 0.15) is 17.4 Å². The lowest BCUT2D eigenvalue weighted by molar-refractivity contribution is -0.118. The number of nitrogens with zero attached hydrogens (tertiary/aromatic N) is 1. The highest BCUT2D eigenvalue weighted by molar-refractivity contribution is 6.02. The molecule has 140 valence electrons. The Balaban J connectivity index is 2.29. The molecule has 2 rings (SSSR count). The van der Waals surface area contributed by atoms with Crippen molar-refractivity contribution in [3.63, 3.8) is 0 Å². The maximum atomic E-state index is 12.6. The number of hydrogen-bond acceptors (Lipinski definition) is 3. The fourth-order valence-electron chi connectivity index (χ4n) is 3.58. The van der Waals surface area contributed by atoms with Crippen molar-refractivity contribution in [2.75, 3.05) is 7.11 Å². The Labute approximate surface area is 157 Å². The Bertz CT molecular complexity index is 728. The molecule has 4 heteroatoms. The summed E-state index contributed by atoms with van der Waals surface area (Å²) in [6.07, 6.45) is 6.17. The third kappa shape index (κ3) is 4.66. The highest BCUT2D eigenvalue weighted by Crippen LogP contribution is 2.30. The first-order chi connectivity index (χ1) is 12.4. The number of benzene rings is 1. The zero-order valence-electron chi connectivity index (χ0n) is 16.6. The van der Waals surface area contributed by atoms with Crippen LogP contribution in [0.1, 0.15) is 69.1 Å². The van der Waals surface area contributed by atoms with Gasteiger partial charge in [-0.15, -0.1) is 0 Å². The monoisotopic (exact) mass is 354 g/mol. The Morgan fingerprint density at radius 2 is 2.04 bits per heavy atom. The lowest BCUT2D eigenvalue weighted by Gasteiger charge is -2.29. The van der Waals surface area contributed by atoms with Gasteiger partial charge in [-0.2, -0.15) is 5.26 Å². The molecule has 0 saturated heterocycles. The van der Waals surface area contributed by atoms with Crippen LogP contribution >= 0.6 is 0 Å². The molecule has 0 radical (unpaired) electrons. The van der Waals surface area contributed by atoms with Crippen LogP contribution in [0.25, 0.3) is 6.08 Å². The largest absolute Gasteiger partial charge is 0.496 e. The highest BCUT2D eigenvalue weighted by atomic mass is 16.5. The molecule has 1 saturated carbocycles. The second-order valence-corrected chi connectivity index (χ2v) is 7.62. The van der Waals surface area contributed by atoms with Crippen molar-refractivity contribution in [2.24, 2.45) is 5.92 Å². The van der Waals surface area contributed by atoms with E-state index in [1.807, 2.05) is 19.1 Å². The van der Waals surface area contributed by atoms with E-state index in [0.29, 0.717) is 11.8 Å². The van der Waals surface area contributed by atoms with Crippen molar-refractivity contribution in [3.05, 3.63) is 34.4 Å². The third-order valence-corrected chi connectivity index (χ3v) is 5.33. The Kier molecular flexibility index (Phi) is 6.85. The molecule has 1 aliphatic rings. The van der Waals surface area contributed by atoms with Crippen LogP contribution in [0, 0.1) is 24.2 Å². The summed E-state index contributed by atoms with van der Waals surface area (Å²) in [5.74, 6) is 1.32. The molecule has 1 amide bonds. The molecule has 2 atom stereocenters. The molecule has 0 unspecified atom stereocenters. The number of amides is 1. The van der Waals surface area contributed by atoms with Crippen molar-refractivity contribution < 1.29 is 9.53 Å². The molecule has 0 bridgehead atoms. The minimum absolute atomic E-state index is 0.158. The average Bonchev–Trinajstić information content (AvgIpc) is 2.61. The molecule has 1 N–H and O–H groups in total. The molecule has 0 heterocycles. The number of nitrogens with one attached hydrogen (secondary N) is 1. The minimum atomic E-state index is -0.271. The SMILES string of the molecule is COc1cc(C)c(/C=C(\C#N)C(=O)N[C@H]2CCCC[C@@H]2C)cc1C(C)C.